The standard InChI is InChI=1S/C21H21N5OS3/c1-4-16-9-15(10-28-16)19-24-25-21(26(19)3)30-12-18(27)23-20-22-17(11-29-20)14-7-5-13(2)6-8-14/h5-11H,4,12H2,1-3H3,(H,22,23,27). The van der Waals surface area contributed by atoms with Gasteiger partial charge in [0.25, 0.3) is 0 Å². The number of aryl methyl sites for hydroxylation is 2. The second-order valence-corrected chi connectivity index (χ2v) is 9.56. The van der Waals surface area contributed by atoms with Gasteiger partial charge in [0.1, 0.15) is 0 Å². The van der Waals surface area contributed by atoms with Gasteiger partial charge >= 0.3 is 0 Å². The fourth-order valence-electron chi connectivity index (χ4n) is 2.85. The van der Waals surface area contributed by atoms with Crippen LogP contribution in [0.1, 0.15) is 17.4 Å². The summed E-state index contributed by atoms with van der Waals surface area (Å²) in [4.78, 5) is 18.2. The lowest BCUT2D eigenvalue weighted by atomic mass is 10.1. The number of amides is 1. The van der Waals surface area contributed by atoms with Gasteiger partial charge in [-0.1, -0.05) is 48.5 Å². The molecule has 0 unspecified atom stereocenters. The number of carbonyl (C=O) groups excluding carboxylic acids is 1. The number of hydrogen-bond acceptors (Lipinski definition) is 7. The first-order valence-electron chi connectivity index (χ1n) is 9.46. The van der Waals surface area contributed by atoms with E-state index in [1.807, 2.05) is 29.1 Å². The number of nitrogens with one attached hydrogen (secondary N) is 1. The zero-order valence-corrected chi connectivity index (χ0v) is 19.3. The van der Waals surface area contributed by atoms with Gasteiger partial charge < -0.3 is 9.88 Å². The van der Waals surface area contributed by atoms with Crippen LogP contribution in [0.2, 0.25) is 0 Å². The van der Waals surface area contributed by atoms with E-state index in [-0.39, 0.29) is 11.7 Å². The molecule has 30 heavy (non-hydrogen) atoms. The van der Waals surface area contributed by atoms with Gasteiger partial charge in [-0.05, 0) is 19.4 Å². The minimum Gasteiger partial charge on any atom is -0.305 e. The van der Waals surface area contributed by atoms with Crippen LogP contribution in [0.3, 0.4) is 0 Å². The number of nitrogens with zero attached hydrogens (tertiary/aromatic N) is 4. The summed E-state index contributed by atoms with van der Waals surface area (Å²) >= 11 is 4.51. The van der Waals surface area contributed by atoms with Crippen LogP contribution in [0, 0.1) is 6.92 Å². The van der Waals surface area contributed by atoms with E-state index < -0.39 is 0 Å². The van der Waals surface area contributed by atoms with E-state index in [9.17, 15) is 4.79 Å². The topological polar surface area (TPSA) is 72.7 Å². The van der Waals surface area contributed by atoms with E-state index >= 15 is 0 Å². The Bertz CT molecular complexity index is 1160. The third-order valence-electron chi connectivity index (χ3n) is 4.53. The van der Waals surface area contributed by atoms with Crippen molar-refractivity contribution < 1.29 is 4.79 Å². The van der Waals surface area contributed by atoms with Crippen molar-refractivity contribution in [1.29, 1.82) is 0 Å². The molecule has 0 aliphatic rings. The zero-order valence-electron chi connectivity index (χ0n) is 16.9. The lowest BCUT2D eigenvalue weighted by Crippen LogP contribution is -2.14. The molecular formula is C21H21N5OS3. The van der Waals surface area contributed by atoms with Crippen molar-refractivity contribution in [1.82, 2.24) is 19.7 Å². The minimum atomic E-state index is -0.113. The van der Waals surface area contributed by atoms with Crippen molar-refractivity contribution in [2.45, 2.75) is 25.4 Å². The third-order valence-corrected chi connectivity index (χ3v) is 7.38. The molecule has 3 aromatic heterocycles. The molecule has 0 radical (unpaired) electrons. The van der Waals surface area contributed by atoms with Crippen LogP contribution in [-0.2, 0) is 18.3 Å². The second kappa shape index (κ2) is 9.11. The molecule has 0 aliphatic heterocycles. The highest BCUT2D eigenvalue weighted by Crippen LogP contribution is 2.28. The SMILES string of the molecule is CCc1cc(-c2nnc(SCC(=O)Nc3nc(-c4ccc(C)cc4)cs3)n2C)cs1. The molecular weight excluding hydrogens is 434 g/mol. The van der Waals surface area contributed by atoms with Gasteiger partial charge in [0.15, 0.2) is 16.1 Å². The van der Waals surface area contributed by atoms with Crippen molar-refractivity contribution in [3.05, 3.63) is 51.5 Å². The Balaban J connectivity index is 1.36. The van der Waals surface area contributed by atoms with Gasteiger partial charge in [0, 0.05) is 33.8 Å². The van der Waals surface area contributed by atoms with Crippen molar-refractivity contribution >= 4 is 45.5 Å². The molecule has 4 rings (SSSR count). The largest absolute Gasteiger partial charge is 0.305 e. The van der Waals surface area contributed by atoms with Crippen molar-refractivity contribution in [3.63, 3.8) is 0 Å². The highest BCUT2D eigenvalue weighted by atomic mass is 32.2. The number of rotatable bonds is 7. The monoisotopic (exact) mass is 455 g/mol. The van der Waals surface area contributed by atoms with E-state index in [1.54, 1.807) is 11.3 Å². The van der Waals surface area contributed by atoms with Gasteiger partial charge in [-0.3, -0.25) is 4.79 Å². The number of thiazole rings is 1. The van der Waals surface area contributed by atoms with Gasteiger partial charge in [-0.25, -0.2) is 4.98 Å². The Hall–Kier alpha value is -2.49. The lowest BCUT2D eigenvalue weighted by Gasteiger charge is -2.03. The van der Waals surface area contributed by atoms with Gasteiger partial charge in [0.05, 0.1) is 11.4 Å². The minimum absolute atomic E-state index is 0.113. The summed E-state index contributed by atoms with van der Waals surface area (Å²) < 4.78 is 1.93. The van der Waals surface area contributed by atoms with Crippen molar-refractivity contribution in [2.75, 3.05) is 11.1 Å². The summed E-state index contributed by atoms with van der Waals surface area (Å²) in [7, 11) is 1.92. The van der Waals surface area contributed by atoms with Gasteiger partial charge in [-0.2, -0.15) is 0 Å². The average molecular weight is 456 g/mol. The van der Waals surface area contributed by atoms with E-state index in [0.717, 1.165) is 29.1 Å². The van der Waals surface area contributed by atoms with E-state index in [4.69, 9.17) is 0 Å². The van der Waals surface area contributed by atoms with Crippen molar-refractivity contribution in [2.24, 2.45) is 7.05 Å². The number of anilines is 1. The molecule has 0 atom stereocenters. The number of hydrogen-bond donors (Lipinski definition) is 1. The summed E-state index contributed by atoms with van der Waals surface area (Å²) in [5.74, 6) is 0.949. The Morgan fingerprint density at radius 2 is 1.93 bits per heavy atom. The Morgan fingerprint density at radius 1 is 1.13 bits per heavy atom. The molecule has 0 spiro atoms. The molecule has 4 aromatic rings. The van der Waals surface area contributed by atoms with Crippen LogP contribution in [0.4, 0.5) is 5.13 Å². The number of benzene rings is 1. The maximum Gasteiger partial charge on any atom is 0.236 e. The van der Waals surface area contributed by atoms with Crippen LogP contribution in [0.15, 0.2) is 46.2 Å². The van der Waals surface area contributed by atoms with Gasteiger partial charge in [0.2, 0.25) is 5.91 Å². The molecule has 1 N–H and O–H groups in total. The highest BCUT2D eigenvalue weighted by molar-refractivity contribution is 7.99. The Labute approximate surface area is 187 Å². The summed E-state index contributed by atoms with van der Waals surface area (Å²) in [6.07, 6.45) is 1.01. The molecule has 1 aromatic carbocycles. The molecule has 0 fully saturated rings. The lowest BCUT2D eigenvalue weighted by molar-refractivity contribution is -0.113. The van der Waals surface area contributed by atoms with E-state index in [2.05, 4.69) is 57.9 Å². The second-order valence-electron chi connectivity index (χ2n) is 6.76. The quantitative estimate of drug-likeness (QED) is 0.384. The fourth-order valence-corrected chi connectivity index (χ4v) is 5.11. The first-order valence-corrected chi connectivity index (χ1v) is 12.2. The van der Waals surface area contributed by atoms with Crippen LogP contribution in [0.25, 0.3) is 22.6 Å². The van der Waals surface area contributed by atoms with Gasteiger partial charge in [-0.15, -0.1) is 32.9 Å². The third kappa shape index (κ3) is 4.63. The number of carbonyl (C=O) groups is 1. The summed E-state index contributed by atoms with van der Waals surface area (Å²) in [5, 5.41) is 16.8. The van der Waals surface area contributed by atoms with Crippen molar-refractivity contribution in [3.8, 4) is 22.6 Å². The van der Waals surface area contributed by atoms with E-state index in [0.29, 0.717) is 10.3 Å². The molecule has 1 amide bonds. The number of thioether (sulfide) groups is 1. The number of thiophene rings is 1. The predicted octanol–water partition coefficient (Wildman–Crippen LogP) is 5.27. The van der Waals surface area contributed by atoms with Crippen LogP contribution < -0.4 is 5.32 Å². The number of aromatic nitrogens is 4. The molecule has 0 aliphatic carbocycles. The average Bonchev–Trinajstić information content (AvgIpc) is 3.47. The summed E-state index contributed by atoms with van der Waals surface area (Å²) in [5.41, 5.74) is 4.17. The first kappa shape index (κ1) is 20.8. The molecule has 3 heterocycles. The van der Waals surface area contributed by atoms with Crippen LogP contribution in [0.5, 0.6) is 0 Å². The molecule has 0 saturated carbocycles. The molecule has 9 heteroatoms. The van der Waals surface area contributed by atoms with E-state index in [1.165, 1.54) is 33.5 Å². The zero-order chi connectivity index (χ0) is 21.1. The highest BCUT2D eigenvalue weighted by Gasteiger charge is 2.15. The normalized spacial score (nSPS) is 11.0. The van der Waals surface area contributed by atoms with Crippen LogP contribution >= 0.6 is 34.4 Å². The first-order chi connectivity index (χ1) is 14.5. The maximum absolute atomic E-state index is 12.4. The molecule has 0 saturated heterocycles. The summed E-state index contributed by atoms with van der Waals surface area (Å²) in [6.45, 7) is 4.19. The predicted molar refractivity (Wildman–Crippen MR) is 125 cm³/mol. The Kier molecular flexibility index (Phi) is 6.31. The van der Waals surface area contributed by atoms with Crippen LogP contribution in [-0.4, -0.2) is 31.4 Å². The maximum atomic E-state index is 12.4. The summed E-state index contributed by atoms with van der Waals surface area (Å²) in [6, 6.07) is 10.3. The molecule has 154 valence electrons. The molecule has 6 nitrogen and oxygen atoms in total. The smallest absolute Gasteiger partial charge is 0.236 e. The molecule has 0 bridgehead atoms. The fraction of sp³-hybridized carbons (Fsp3) is 0.238. The Morgan fingerprint density at radius 3 is 2.67 bits per heavy atom.